The number of rotatable bonds is 4. The molecule has 0 saturated heterocycles. The van der Waals surface area contributed by atoms with Crippen LogP contribution in [0.1, 0.15) is 28.7 Å². The Kier molecular flexibility index (Phi) is 4.19. The Hall–Kier alpha value is -2.15. The lowest BCUT2D eigenvalue weighted by Gasteiger charge is -2.08. The topological polar surface area (TPSA) is 90.0 Å². The van der Waals surface area contributed by atoms with Gasteiger partial charge in [-0.1, -0.05) is 18.3 Å². The first kappa shape index (κ1) is 14.3. The number of pyridine rings is 1. The Balaban J connectivity index is 2.22. The summed E-state index contributed by atoms with van der Waals surface area (Å²) >= 11 is 1.15. The molecule has 20 heavy (non-hydrogen) atoms. The number of anilines is 2. The fraction of sp³-hybridized carbons (Fsp3) is 0.308. The minimum atomic E-state index is -0.265. The van der Waals surface area contributed by atoms with Gasteiger partial charge in [-0.25, -0.2) is 4.98 Å². The predicted octanol–water partition coefficient (Wildman–Crippen LogP) is 1.86. The summed E-state index contributed by atoms with van der Waals surface area (Å²) < 4.78 is 1.57. The highest BCUT2D eigenvalue weighted by Crippen LogP contribution is 2.20. The van der Waals surface area contributed by atoms with Crippen LogP contribution in [0.3, 0.4) is 0 Å². The lowest BCUT2D eigenvalue weighted by molar-refractivity contribution is 0.102. The van der Waals surface area contributed by atoms with Crippen molar-refractivity contribution in [3.05, 3.63) is 39.3 Å². The van der Waals surface area contributed by atoms with Crippen LogP contribution < -0.4 is 16.6 Å². The first-order valence-electron chi connectivity index (χ1n) is 6.26. The quantitative estimate of drug-likeness (QED) is 0.900. The van der Waals surface area contributed by atoms with Gasteiger partial charge in [0.15, 0.2) is 5.13 Å². The van der Waals surface area contributed by atoms with E-state index in [1.54, 1.807) is 23.8 Å². The van der Waals surface area contributed by atoms with Gasteiger partial charge in [-0.15, -0.1) is 0 Å². The van der Waals surface area contributed by atoms with Crippen molar-refractivity contribution >= 4 is 28.1 Å². The van der Waals surface area contributed by atoms with Gasteiger partial charge in [0, 0.05) is 18.8 Å². The molecule has 0 radical (unpaired) electrons. The van der Waals surface area contributed by atoms with Gasteiger partial charge in [0.05, 0.1) is 11.4 Å². The van der Waals surface area contributed by atoms with E-state index in [0.29, 0.717) is 27.9 Å². The van der Waals surface area contributed by atoms with Crippen LogP contribution in [0.4, 0.5) is 10.8 Å². The van der Waals surface area contributed by atoms with Crippen molar-refractivity contribution in [3.8, 4) is 0 Å². The third-order valence-electron chi connectivity index (χ3n) is 2.73. The molecule has 0 aliphatic carbocycles. The summed E-state index contributed by atoms with van der Waals surface area (Å²) in [6.45, 7) is 4.34. The maximum absolute atomic E-state index is 12.1. The summed E-state index contributed by atoms with van der Waals surface area (Å²) in [6.07, 6.45) is 2.49. The normalized spacial score (nSPS) is 10.5. The van der Waals surface area contributed by atoms with E-state index in [-0.39, 0.29) is 11.5 Å². The molecule has 0 spiro atoms. The van der Waals surface area contributed by atoms with Crippen molar-refractivity contribution in [1.82, 2.24) is 9.55 Å². The van der Waals surface area contributed by atoms with Gasteiger partial charge in [0.25, 0.3) is 11.5 Å². The van der Waals surface area contributed by atoms with Crippen LogP contribution in [0.25, 0.3) is 0 Å². The molecule has 2 aromatic rings. The van der Waals surface area contributed by atoms with Crippen molar-refractivity contribution in [1.29, 1.82) is 0 Å². The van der Waals surface area contributed by atoms with E-state index in [1.165, 1.54) is 6.07 Å². The molecule has 0 saturated carbocycles. The maximum atomic E-state index is 12.1. The van der Waals surface area contributed by atoms with E-state index in [2.05, 4.69) is 10.3 Å². The summed E-state index contributed by atoms with van der Waals surface area (Å²) in [7, 11) is 0. The summed E-state index contributed by atoms with van der Waals surface area (Å²) in [4.78, 5) is 28.2. The smallest absolute Gasteiger partial charge is 0.267 e. The van der Waals surface area contributed by atoms with Crippen LogP contribution >= 0.6 is 11.3 Å². The lowest BCUT2D eigenvalue weighted by Crippen LogP contribution is -2.20. The van der Waals surface area contributed by atoms with Crippen LogP contribution in [0.15, 0.2) is 23.1 Å². The summed E-state index contributed by atoms with van der Waals surface area (Å²) in [5, 5.41) is 3.12. The zero-order chi connectivity index (χ0) is 14.7. The number of carbonyl (C=O) groups excluding carboxylic acids is 1. The molecule has 3 N–H and O–H groups in total. The van der Waals surface area contributed by atoms with Gasteiger partial charge in [0.2, 0.25) is 0 Å². The second-order valence-electron chi connectivity index (χ2n) is 4.37. The Morgan fingerprint density at radius 1 is 1.50 bits per heavy atom. The van der Waals surface area contributed by atoms with Crippen molar-refractivity contribution in [2.45, 2.75) is 26.8 Å². The van der Waals surface area contributed by atoms with E-state index in [1.807, 2.05) is 6.92 Å². The molecule has 7 heteroatoms. The Morgan fingerprint density at radius 3 is 2.85 bits per heavy atom. The van der Waals surface area contributed by atoms with E-state index in [0.717, 1.165) is 17.8 Å². The molecule has 0 atom stereocenters. The zero-order valence-corrected chi connectivity index (χ0v) is 12.2. The van der Waals surface area contributed by atoms with Gasteiger partial charge in [0.1, 0.15) is 4.88 Å². The van der Waals surface area contributed by atoms with Crippen LogP contribution in [-0.2, 0) is 6.54 Å². The lowest BCUT2D eigenvalue weighted by atomic mass is 10.3. The Bertz CT molecular complexity index is 690. The van der Waals surface area contributed by atoms with Crippen molar-refractivity contribution < 1.29 is 4.79 Å². The van der Waals surface area contributed by atoms with Gasteiger partial charge in [-0.05, 0) is 19.4 Å². The first-order chi connectivity index (χ1) is 9.51. The highest BCUT2D eigenvalue weighted by Gasteiger charge is 2.14. The second-order valence-corrected chi connectivity index (χ2v) is 5.40. The molecule has 0 unspecified atom stereocenters. The molecule has 106 valence electrons. The van der Waals surface area contributed by atoms with Gasteiger partial charge in [-0.3, -0.25) is 9.59 Å². The molecule has 2 rings (SSSR count). The average Bonchev–Trinajstić information content (AvgIpc) is 2.73. The van der Waals surface area contributed by atoms with Crippen LogP contribution in [0.2, 0.25) is 0 Å². The van der Waals surface area contributed by atoms with Crippen LogP contribution in [0.5, 0.6) is 0 Å². The monoisotopic (exact) mass is 292 g/mol. The number of aryl methyl sites for hydroxylation is 2. The fourth-order valence-electron chi connectivity index (χ4n) is 1.84. The SMILES string of the molecule is CCCn1cc(NC(=O)c2sc(N)nc2C)ccc1=O. The molecule has 0 aliphatic heterocycles. The highest BCUT2D eigenvalue weighted by molar-refractivity contribution is 7.17. The van der Waals surface area contributed by atoms with Gasteiger partial charge in [-0.2, -0.15) is 0 Å². The molecule has 6 nitrogen and oxygen atoms in total. The summed E-state index contributed by atoms with van der Waals surface area (Å²) in [5.41, 5.74) is 6.68. The largest absolute Gasteiger partial charge is 0.375 e. The molecule has 0 fully saturated rings. The number of nitrogens with one attached hydrogen (secondary N) is 1. The van der Waals surface area contributed by atoms with Crippen molar-refractivity contribution in [2.75, 3.05) is 11.1 Å². The standard InChI is InChI=1S/C13H16N4O2S/c1-3-6-17-7-9(4-5-10(17)18)16-12(19)11-8(2)15-13(14)20-11/h4-5,7H,3,6H2,1-2H3,(H2,14,15)(H,16,19). The summed E-state index contributed by atoms with van der Waals surface area (Å²) in [6, 6.07) is 3.03. The highest BCUT2D eigenvalue weighted by atomic mass is 32.1. The zero-order valence-electron chi connectivity index (χ0n) is 11.3. The molecule has 2 heterocycles. The van der Waals surface area contributed by atoms with Gasteiger partial charge < -0.3 is 15.6 Å². The third-order valence-corrected chi connectivity index (χ3v) is 3.71. The van der Waals surface area contributed by atoms with Crippen molar-refractivity contribution in [2.24, 2.45) is 0 Å². The number of aromatic nitrogens is 2. The number of nitrogen functional groups attached to an aromatic ring is 1. The first-order valence-corrected chi connectivity index (χ1v) is 7.07. The number of nitrogens with zero attached hydrogens (tertiary/aromatic N) is 2. The molecular weight excluding hydrogens is 276 g/mol. The van der Waals surface area contributed by atoms with Crippen LogP contribution in [-0.4, -0.2) is 15.5 Å². The number of thiazole rings is 1. The second kappa shape index (κ2) is 5.87. The molecule has 0 aliphatic rings. The molecular formula is C13H16N4O2S. The Labute approximate surface area is 120 Å². The fourth-order valence-corrected chi connectivity index (χ4v) is 2.57. The predicted molar refractivity (Wildman–Crippen MR) is 80.2 cm³/mol. The Morgan fingerprint density at radius 2 is 2.25 bits per heavy atom. The minimum absolute atomic E-state index is 0.0805. The number of hydrogen-bond donors (Lipinski definition) is 2. The van der Waals surface area contributed by atoms with Crippen molar-refractivity contribution in [3.63, 3.8) is 0 Å². The van der Waals surface area contributed by atoms with E-state index in [9.17, 15) is 9.59 Å². The number of amides is 1. The van der Waals surface area contributed by atoms with E-state index in [4.69, 9.17) is 5.73 Å². The third kappa shape index (κ3) is 3.05. The molecule has 2 aromatic heterocycles. The summed E-state index contributed by atoms with van der Waals surface area (Å²) in [5.74, 6) is -0.265. The minimum Gasteiger partial charge on any atom is -0.375 e. The number of hydrogen-bond acceptors (Lipinski definition) is 5. The van der Waals surface area contributed by atoms with Crippen LogP contribution in [0, 0.1) is 6.92 Å². The van der Waals surface area contributed by atoms with E-state index < -0.39 is 0 Å². The van der Waals surface area contributed by atoms with Gasteiger partial charge >= 0.3 is 0 Å². The average molecular weight is 292 g/mol. The molecule has 0 bridgehead atoms. The number of nitrogens with two attached hydrogens (primary N) is 1. The molecule has 1 amide bonds. The maximum Gasteiger partial charge on any atom is 0.267 e. The van der Waals surface area contributed by atoms with E-state index >= 15 is 0 Å². The number of carbonyl (C=O) groups is 1. The molecule has 0 aromatic carbocycles.